The van der Waals surface area contributed by atoms with E-state index in [-0.39, 0.29) is 18.1 Å². The molecule has 0 radical (unpaired) electrons. The van der Waals surface area contributed by atoms with Crippen molar-refractivity contribution in [1.82, 2.24) is 10.2 Å². The number of nitrogens with zero attached hydrogens (tertiary/aromatic N) is 1. The normalized spacial score (nSPS) is 19.9. The number of unbranched alkanes of at least 4 members (excludes halogenated alkanes) is 4. The van der Waals surface area contributed by atoms with Crippen LogP contribution in [0.15, 0.2) is 18.2 Å². The molecule has 0 aliphatic carbocycles. The van der Waals surface area contributed by atoms with Crippen molar-refractivity contribution in [3.63, 3.8) is 0 Å². The van der Waals surface area contributed by atoms with Gasteiger partial charge >= 0.3 is 0 Å². The SMILES string of the molecule is CCCCCCCC(=O)NC(Cc1ccc2c(c1)OCCO2)CN1CCC(O)C1. The maximum Gasteiger partial charge on any atom is 0.220 e. The van der Waals surface area contributed by atoms with Crippen molar-refractivity contribution in [3.8, 4) is 11.5 Å². The highest BCUT2D eigenvalue weighted by molar-refractivity contribution is 5.76. The summed E-state index contributed by atoms with van der Waals surface area (Å²) in [6, 6.07) is 6.05. The third kappa shape index (κ3) is 7.19. The van der Waals surface area contributed by atoms with Crippen LogP contribution in [0.3, 0.4) is 0 Å². The van der Waals surface area contributed by atoms with Crippen LogP contribution in [-0.2, 0) is 11.2 Å². The summed E-state index contributed by atoms with van der Waals surface area (Å²) in [5.74, 6) is 1.70. The molecule has 6 heteroatoms. The van der Waals surface area contributed by atoms with Gasteiger partial charge in [0.15, 0.2) is 11.5 Å². The van der Waals surface area contributed by atoms with Crippen LogP contribution in [0.5, 0.6) is 11.5 Å². The van der Waals surface area contributed by atoms with Gasteiger partial charge in [-0.2, -0.15) is 0 Å². The largest absolute Gasteiger partial charge is 0.486 e. The molecule has 2 atom stereocenters. The Bertz CT molecular complexity index is 652. The molecule has 3 rings (SSSR count). The van der Waals surface area contributed by atoms with Gasteiger partial charge < -0.3 is 19.9 Å². The molecule has 29 heavy (non-hydrogen) atoms. The molecule has 1 saturated heterocycles. The van der Waals surface area contributed by atoms with E-state index in [1.807, 2.05) is 12.1 Å². The van der Waals surface area contributed by atoms with E-state index in [0.29, 0.717) is 26.2 Å². The zero-order chi connectivity index (χ0) is 20.5. The van der Waals surface area contributed by atoms with Crippen LogP contribution in [0.4, 0.5) is 0 Å². The summed E-state index contributed by atoms with van der Waals surface area (Å²) >= 11 is 0. The number of fused-ring (bicyclic) bond motifs is 1. The van der Waals surface area contributed by atoms with Crippen LogP contribution in [0.2, 0.25) is 0 Å². The van der Waals surface area contributed by atoms with Crippen molar-refractivity contribution < 1.29 is 19.4 Å². The average molecular weight is 405 g/mol. The Morgan fingerprint density at radius 1 is 1.21 bits per heavy atom. The fourth-order valence-corrected chi connectivity index (χ4v) is 4.14. The quantitative estimate of drug-likeness (QED) is 0.555. The van der Waals surface area contributed by atoms with E-state index in [9.17, 15) is 9.90 Å². The van der Waals surface area contributed by atoms with E-state index in [2.05, 4.69) is 23.2 Å². The zero-order valence-electron chi connectivity index (χ0n) is 17.7. The Hall–Kier alpha value is -1.79. The second-order valence-corrected chi connectivity index (χ2v) is 8.31. The highest BCUT2D eigenvalue weighted by Crippen LogP contribution is 2.31. The van der Waals surface area contributed by atoms with E-state index in [1.165, 1.54) is 19.3 Å². The first-order valence-corrected chi connectivity index (χ1v) is 11.2. The summed E-state index contributed by atoms with van der Waals surface area (Å²) in [6.07, 6.45) is 7.61. The Labute approximate surface area is 174 Å². The third-order valence-electron chi connectivity index (χ3n) is 5.69. The van der Waals surface area contributed by atoms with Crippen LogP contribution >= 0.6 is 0 Å². The van der Waals surface area contributed by atoms with Crippen molar-refractivity contribution in [1.29, 1.82) is 0 Å². The van der Waals surface area contributed by atoms with Gasteiger partial charge in [0.1, 0.15) is 13.2 Å². The number of carbonyl (C=O) groups is 1. The topological polar surface area (TPSA) is 71.0 Å². The molecule has 6 nitrogen and oxygen atoms in total. The van der Waals surface area contributed by atoms with E-state index < -0.39 is 0 Å². The average Bonchev–Trinajstić information content (AvgIpc) is 3.12. The third-order valence-corrected chi connectivity index (χ3v) is 5.69. The van der Waals surface area contributed by atoms with Gasteiger partial charge in [-0.15, -0.1) is 0 Å². The van der Waals surface area contributed by atoms with Crippen molar-refractivity contribution in [3.05, 3.63) is 23.8 Å². The number of amides is 1. The Morgan fingerprint density at radius 3 is 2.76 bits per heavy atom. The van der Waals surface area contributed by atoms with Gasteiger partial charge in [-0.1, -0.05) is 38.7 Å². The number of nitrogens with one attached hydrogen (secondary N) is 1. The molecule has 2 heterocycles. The van der Waals surface area contributed by atoms with Gasteiger partial charge in [0.05, 0.1) is 6.10 Å². The molecule has 0 bridgehead atoms. The monoisotopic (exact) mass is 404 g/mol. The molecule has 1 amide bonds. The highest BCUT2D eigenvalue weighted by Gasteiger charge is 2.24. The minimum atomic E-state index is -0.251. The Balaban J connectivity index is 1.56. The van der Waals surface area contributed by atoms with E-state index in [0.717, 1.165) is 55.8 Å². The van der Waals surface area contributed by atoms with Gasteiger partial charge in [-0.25, -0.2) is 0 Å². The first kappa shape index (κ1) is 21.9. The fourth-order valence-electron chi connectivity index (χ4n) is 4.14. The van der Waals surface area contributed by atoms with Crippen molar-refractivity contribution in [2.45, 2.75) is 70.4 Å². The number of β-amino-alcohol motifs (C(OH)–C–C–N with tert-alkyl or cyclic N) is 1. The molecule has 1 aromatic carbocycles. The van der Waals surface area contributed by atoms with Crippen molar-refractivity contribution >= 4 is 5.91 Å². The summed E-state index contributed by atoms with van der Waals surface area (Å²) in [5.41, 5.74) is 1.13. The number of carbonyl (C=O) groups excluding carboxylic acids is 1. The molecule has 162 valence electrons. The first-order chi connectivity index (χ1) is 14.1. The number of likely N-dealkylation sites (tertiary alicyclic amines) is 1. The lowest BCUT2D eigenvalue weighted by Crippen LogP contribution is -2.44. The Kier molecular flexibility index (Phi) is 8.62. The molecule has 0 saturated carbocycles. The molecule has 1 fully saturated rings. The fraction of sp³-hybridized carbons (Fsp3) is 0.696. The second kappa shape index (κ2) is 11.4. The minimum Gasteiger partial charge on any atom is -0.486 e. The van der Waals surface area contributed by atoms with Crippen LogP contribution in [0.1, 0.15) is 57.4 Å². The molecular formula is C23H36N2O4. The number of aliphatic hydroxyl groups excluding tert-OH is 1. The molecular weight excluding hydrogens is 368 g/mol. The second-order valence-electron chi connectivity index (χ2n) is 8.31. The van der Waals surface area contributed by atoms with E-state index in [4.69, 9.17) is 9.47 Å². The number of aliphatic hydroxyl groups is 1. The minimum absolute atomic E-state index is 0.0194. The number of rotatable bonds is 11. The maximum atomic E-state index is 12.5. The van der Waals surface area contributed by atoms with Gasteiger partial charge in [0, 0.05) is 32.1 Å². The van der Waals surface area contributed by atoms with Gasteiger partial charge in [-0.05, 0) is 37.0 Å². The molecule has 2 unspecified atom stereocenters. The Morgan fingerprint density at radius 2 is 2.00 bits per heavy atom. The molecule has 2 N–H and O–H groups in total. The summed E-state index contributed by atoms with van der Waals surface area (Å²) in [7, 11) is 0. The lowest BCUT2D eigenvalue weighted by atomic mass is 10.0. The van der Waals surface area contributed by atoms with Crippen LogP contribution < -0.4 is 14.8 Å². The molecule has 0 aromatic heterocycles. The lowest BCUT2D eigenvalue weighted by Gasteiger charge is -2.25. The van der Waals surface area contributed by atoms with Gasteiger partial charge in [-0.3, -0.25) is 9.69 Å². The molecule has 2 aliphatic rings. The summed E-state index contributed by atoms with van der Waals surface area (Å²) < 4.78 is 11.3. The standard InChI is InChI=1S/C23H36N2O4/c1-2-3-4-5-6-7-23(27)24-19(16-25-11-10-20(26)17-25)14-18-8-9-21-22(15-18)29-13-12-28-21/h8-9,15,19-20,26H,2-7,10-14,16-17H2,1H3,(H,24,27). The van der Waals surface area contributed by atoms with Crippen LogP contribution in [0, 0.1) is 0 Å². The van der Waals surface area contributed by atoms with Crippen LogP contribution in [0.25, 0.3) is 0 Å². The van der Waals surface area contributed by atoms with Crippen molar-refractivity contribution in [2.24, 2.45) is 0 Å². The molecule has 0 spiro atoms. The zero-order valence-corrected chi connectivity index (χ0v) is 17.7. The predicted octanol–water partition coefficient (Wildman–Crippen LogP) is 2.91. The number of hydrogen-bond acceptors (Lipinski definition) is 5. The maximum absolute atomic E-state index is 12.5. The number of ether oxygens (including phenoxy) is 2. The molecule has 1 aromatic rings. The summed E-state index contributed by atoms with van der Waals surface area (Å²) in [4.78, 5) is 14.8. The van der Waals surface area contributed by atoms with Gasteiger partial charge in [0.2, 0.25) is 5.91 Å². The van der Waals surface area contributed by atoms with E-state index in [1.54, 1.807) is 0 Å². The summed E-state index contributed by atoms with van der Waals surface area (Å²) in [5, 5.41) is 13.1. The van der Waals surface area contributed by atoms with Crippen LogP contribution in [-0.4, -0.2) is 60.9 Å². The van der Waals surface area contributed by atoms with E-state index >= 15 is 0 Å². The lowest BCUT2D eigenvalue weighted by molar-refractivity contribution is -0.122. The number of benzene rings is 1. The summed E-state index contributed by atoms with van der Waals surface area (Å²) in [6.45, 7) is 5.68. The smallest absolute Gasteiger partial charge is 0.220 e. The molecule has 2 aliphatic heterocycles. The highest BCUT2D eigenvalue weighted by atomic mass is 16.6. The first-order valence-electron chi connectivity index (χ1n) is 11.2. The van der Waals surface area contributed by atoms with Gasteiger partial charge in [0.25, 0.3) is 0 Å². The van der Waals surface area contributed by atoms with Crippen molar-refractivity contribution in [2.75, 3.05) is 32.8 Å². The number of hydrogen-bond donors (Lipinski definition) is 2. The predicted molar refractivity (Wildman–Crippen MR) is 114 cm³/mol.